The van der Waals surface area contributed by atoms with Crippen molar-refractivity contribution in [3.8, 4) is 0 Å². The normalized spacial score (nSPS) is 23.1. The number of hydrogen-bond acceptors (Lipinski definition) is 7. The monoisotopic (exact) mass is 438 g/mol. The molecule has 0 saturated carbocycles. The largest absolute Gasteiger partial charge is 0.465 e. The van der Waals surface area contributed by atoms with Crippen molar-refractivity contribution >= 4 is 28.4 Å². The third-order valence-corrected chi connectivity index (χ3v) is 5.17. The first kappa shape index (κ1) is 23.1. The molecule has 4 amide bonds. The predicted octanol–water partition coefficient (Wildman–Crippen LogP) is 0.110. The van der Waals surface area contributed by atoms with Crippen LogP contribution in [0.3, 0.4) is 0 Å². The van der Waals surface area contributed by atoms with E-state index in [0.29, 0.717) is 17.9 Å². The van der Waals surface area contributed by atoms with Gasteiger partial charge >= 0.3 is 22.5 Å². The summed E-state index contributed by atoms with van der Waals surface area (Å²) in [7, 11) is -4.86. The van der Waals surface area contributed by atoms with E-state index < -0.39 is 46.6 Å². The lowest BCUT2D eigenvalue weighted by atomic mass is 9.85. The Balaban J connectivity index is 1.86. The van der Waals surface area contributed by atoms with Crippen LogP contribution in [0.15, 0.2) is 0 Å². The summed E-state index contributed by atoms with van der Waals surface area (Å²) in [6, 6.07) is -2.73. The quantitative estimate of drug-likeness (QED) is 0.233. The minimum absolute atomic E-state index is 0.0369. The van der Waals surface area contributed by atoms with Crippen molar-refractivity contribution in [1.29, 1.82) is 0 Å². The summed E-state index contributed by atoms with van der Waals surface area (Å²) >= 11 is 0. The Hall–Kier alpha value is -2.16. The second-order valence-electron chi connectivity index (χ2n) is 7.98. The van der Waals surface area contributed by atoms with Gasteiger partial charge in [-0.25, -0.2) is 15.1 Å². The molecular weight excluding hydrogens is 412 g/mol. The summed E-state index contributed by atoms with van der Waals surface area (Å²) in [6.45, 7) is 5.70. The van der Waals surface area contributed by atoms with Gasteiger partial charge in [0.15, 0.2) is 0 Å². The SMILES string of the molecule is CC(C)(C)C(CCONC(=O)[C@@H]1CC[C@@H]2CN1C(=O)N2OS(=O)(=O)O)NC(=O)O. The van der Waals surface area contributed by atoms with Crippen LogP contribution < -0.4 is 10.8 Å². The average Bonchev–Trinajstić information content (AvgIpc) is 2.80. The Bertz CT molecular complexity index is 751. The van der Waals surface area contributed by atoms with Gasteiger partial charge in [-0.15, -0.1) is 4.28 Å². The highest BCUT2D eigenvalue weighted by molar-refractivity contribution is 7.80. The molecule has 2 aliphatic rings. The van der Waals surface area contributed by atoms with Crippen LogP contribution in [0.2, 0.25) is 0 Å². The molecule has 29 heavy (non-hydrogen) atoms. The van der Waals surface area contributed by atoms with Crippen LogP contribution >= 0.6 is 0 Å². The van der Waals surface area contributed by atoms with Crippen LogP contribution in [0, 0.1) is 5.41 Å². The fourth-order valence-corrected chi connectivity index (χ4v) is 3.73. The van der Waals surface area contributed by atoms with E-state index in [-0.39, 0.29) is 25.0 Å². The van der Waals surface area contributed by atoms with Gasteiger partial charge in [0, 0.05) is 12.6 Å². The number of hydrogen-bond donors (Lipinski definition) is 4. The summed E-state index contributed by atoms with van der Waals surface area (Å²) in [5, 5.41) is 11.9. The van der Waals surface area contributed by atoms with Gasteiger partial charge < -0.3 is 15.3 Å². The number of rotatable bonds is 8. The lowest BCUT2D eigenvalue weighted by molar-refractivity contribution is -0.139. The van der Waals surface area contributed by atoms with Crippen LogP contribution in [0.25, 0.3) is 0 Å². The fourth-order valence-electron chi connectivity index (χ4n) is 3.34. The molecule has 0 aromatic rings. The number of carbonyl (C=O) groups excluding carboxylic acids is 2. The van der Waals surface area contributed by atoms with Crippen molar-refractivity contribution in [3.05, 3.63) is 0 Å². The zero-order valence-electron chi connectivity index (χ0n) is 16.3. The standard InChI is InChI=1S/C15H26N4O9S/c1-15(2,3)11(16-13(21)22)6-7-27-17-12(20)10-5-4-9-8-18(10)14(23)19(9)28-29(24,25)26/h9-11,16H,4-8H2,1-3H3,(H,17,20)(H,21,22)(H,24,25,26)/t9-,10+,11?/m1/s1. The maximum atomic E-state index is 12.4. The van der Waals surface area contributed by atoms with E-state index in [0.717, 1.165) is 4.90 Å². The van der Waals surface area contributed by atoms with Crippen LogP contribution in [0.4, 0.5) is 9.59 Å². The average molecular weight is 438 g/mol. The Labute approximate surface area is 168 Å². The lowest BCUT2D eigenvalue weighted by Crippen LogP contribution is -2.50. The molecule has 0 aliphatic carbocycles. The van der Waals surface area contributed by atoms with Gasteiger partial charge in [0.2, 0.25) is 0 Å². The molecule has 2 bridgehead atoms. The third-order valence-electron chi connectivity index (χ3n) is 4.82. The molecule has 166 valence electrons. The molecule has 0 radical (unpaired) electrons. The number of nitrogens with zero attached hydrogens (tertiary/aromatic N) is 2. The molecule has 0 spiro atoms. The van der Waals surface area contributed by atoms with E-state index in [1.807, 2.05) is 20.8 Å². The molecule has 3 atom stereocenters. The molecule has 4 N–H and O–H groups in total. The van der Waals surface area contributed by atoms with Crippen LogP contribution in [0.5, 0.6) is 0 Å². The summed E-state index contributed by atoms with van der Waals surface area (Å²) in [4.78, 5) is 41.8. The van der Waals surface area contributed by atoms with E-state index in [1.165, 1.54) is 0 Å². The molecular formula is C15H26N4O9S. The minimum Gasteiger partial charge on any atom is -0.465 e. The second-order valence-corrected chi connectivity index (χ2v) is 8.99. The van der Waals surface area contributed by atoms with Crippen LogP contribution in [-0.2, 0) is 24.3 Å². The summed E-state index contributed by atoms with van der Waals surface area (Å²) in [5.41, 5.74) is 1.89. The molecule has 0 aromatic heterocycles. The van der Waals surface area contributed by atoms with Gasteiger partial charge in [-0.3, -0.25) is 14.2 Å². The zero-order valence-corrected chi connectivity index (χ0v) is 17.1. The molecule has 2 rings (SSSR count). The van der Waals surface area contributed by atoms with E-state index in [4.69, 9.17) is 14.5 Å². The van der Waals surface area contributed by atoms with E-state index >= 15 is 0 Å². The molecule has 13 nitrogen and oxygen atoms in total. The number of nitrogens with one attached hydrogen (secondary N) is 2. The second kappa shape index (κ2) is 8.69. The Morgan fingerprint density at radius 1 is 1.31 bits per heavy atom. The zero-order chi connectivity index (χ0) is 22.0. The first-order valence-corrected chi connectivity index (χ1v) is 10.3. The summed E-state index contributed by atoms with van der Waals surface area (Å²) < 4.78 is 34.8. The van der Waals surface area contributed by atoms with Gasteiger partial charge in [-0.05, 0) is 24.7 Å². The summed E-state index contributed by atoms with van der Waals surface area (Å²) in [5.74, 6) is -0.594. The number of carboxylic acid groups (broad SMARTS) is 1. The van der Waals surface area contributed by atoms with Crippen molar-refractivity contribution in [2.24, 2.45) is 5.41 Å². The van der Waals surface area contributed by atoms with E-state index in [2.05, 4.69) is 15.1 Å². The molecule has 2 fully saturated rings. The predicted molar refractivity (Wildman–Crippen MR) is 96.5 cm³/mol. The highest BCUT2D eigenvalue weighted by Gasteiger charge is 2.49. The Morgan fingerprint density at radius 2 is 1.97 bits per heavy atom. The van der Waals surface area contributed by atoms with E-state index in [1.54, 1.807) is 0 Å². The molecule has 2 aliphatic heterocycles. The van der Waals surface area contributed by atoms with E-state index in [9.17, 15) is 22.8 Å². The number of piperidine rings is 1. The summed E-state index contributed by atoms with van der Waals surface area (Å²) in [6.07, 6.45) is -0.302. The molecule has 2 heterocycles. The van der Waals surface area contributed by atoms with Gasteiger partial charge in [-0.1, -0.05) is 20.8 Å². The maximum absolute atomic E-state index is 12.4. The number of carbonyl (C=O) groups is 3. The first-order valence-electron chi connectivity index (χ1n) is 8.97. The number of fused-ring (bicyclic) bond motifs is 2. The highest BCUT2D eigenvalue weighted by atomic mass is 32.3. The van der Waals surface area contributed by atoms with Crippen molar-refractivity contribution in [2.45, 2.75) is 58.2 Å². The van der Waals surface area contributed by atoms with Crippen molar-refractivity contribution < 1.29 is 41.6 Å². The fraction of sp³-hybridized carbons (Fsp3) is 0.800. The number of urea groups is 1. The molecule has 2 saturated heterocycles. The Kier molecular flexibility index (Phi) is 6.93. The molecule has 1 unspecified atom stereocenters. The third kappa shape index (κ3) is 6.16. The smallest absolute Gasteiger partial charge is 0.418 e. The topological polar surface area (TPSA) is 175 Å². The van der Waals surface area contributed by atoms with Crippen molar-refractivity contribution in [3.63, 3.8) is 0 Å². The maximum Gasteiger partial charge on any atom is 0.418 e. The van der Waals surface area contributed by atoms with Crippen molar-refractivity contribution in [1.82, 2.24) is 20.8 Å². The highest BCUT2D eigenvalue weighted by Crippen LogP contribution is 2.30. The lowest BCUT2D eigenvalue weighted by Gasteiger charge is -2.31. The van der Waals surface area contributed by atoms with Gasteiger partial charge in [0.1, 0.15) is 6.04 Å². The van der Waals surface area contributed by atoms with Gasteiger partial charge in [0.25, 0.3) is 5.91 Å². The minimum atomic E-state index is -4.86. The molecule has 14 heteroatoms. The van der Waals surface area contributed by atoms with Gasteiger partial charge in [-0.2, -0.15) is 13.5 Å². The number of amides is 4. The Morgan fingerprint density at radius 3 is 2.52 bits per heavy atom. The van der Waals surface area contributed by atoms with Gasteiger partial charge in [0.05, 0.1) is 12.6 Å². The molecule has 0 aromatic carbocycles. The first-order chi connectivity index (χ1) is 13.3. The van der Waals surface area contributed by atoms with Crippen molar-refractivity contribution in [2.75, 3.05) is 13.2 Å². The van der Waals surface area contributed by atoms with Crippen LogP contribution in [-0.4, -0.2) is 77.3 Å². The van der Waals surface area contributed by atoms with Crippen LogP contribution in [0.1, 0.15) is 40.0 Å². The number of hydroxylamine groups is 3.